The van der Waals surface area contributed by atoms with Crippen LogP contribution in [0, 0.1) is 0 Å². The molecule has 0 saturated carbocycles. The molecule has 0 aliphatic heterocycles. The van der Waals surface area contributed by atoms with Crippen LogP contribution in [-0.4, -0.2) is 55.1 Å². The fourth-order valence-corrected chi connectivity index (χ4v) is 3.13. The first-order chi connectivity index (χ1) is 14.5. The molecule has 158 valence electrons. The minimum absolute atomic E-state index is 0.0124. The number of hydrogen-bond acceptors (Lipinski definition) is 6. The zero-order valence-electron chi connectivity index (χ0n) is 17.3. The molecule has 0 bridgehead atoms. The molecule has 1 aromatic heterocycles. The van der Waals surface area contributed by atoms with E-state index in [0.717, 1.165) is 11.3 Å². The van der Waals surface area contributed by atoms with Gasteiger partial charge < -0.3 is 24.7 Å². The summed E-state index contributed by atoms with van der Waals surface area (Å²) in [5, 5.41) is 3.41. The van der Waals surface area contributed by atoms with Crippen LogP contribution in [0.1, 0.15) is 17.4 Å². The predicted molar refractivity (Wildman–Crippen MR) is 114 cm³/mol. The molecular formula is C22H26N4O4. The van der Waals surface area contributed by atoms with Crippen LogP contribution in [0.3, 0.4) is 0 Å². The van der Waals surface area contributed by atoms with E-state index in [1.165, 1.54) is 0 Å². The van der Waals surface area contributed by atoms with Crippen molar-refractivity contribution in [1.82, 2.24) is 20.2 Å². The van der Waals surface area contributed by atoms with Crippen LogP contribution in [0.5, 0.6) is 5.75 Å². The topological polar surface area (TPSA) is 96.5 Å². The average molecular weight is 410 g/mol. The molecule has 0 radical (unpaired) electrons. The van der Waals surface area contributed by atoms with E-state index in [1.54, 1.807) is 25.3 Å². The number of nitrogens with zero attached hydrogens (tertiary/aromatic N) is 2. The Morgan fingerprint density at radius 2 is 1.90 bits per heavy atom. The Kier molecular flexibility index (Phi) is 7.16. The number of fused-ring (bicyclic) bond motifs is 1. The van der Waals surface area contributed by atoms with Gasteiger partial charge in [0, 0.05) is 6.54 Å². The summed E-state index contributed by atoms with van der Waals surface area (Å²) in [4.78, 5) is 33.3. The van der Waals surface area contributed by atoms with Crippen molar-refractivity contribution in [2.45, 2.75) is 12.6 Å². The van der Waals surface area contributed by atoms with E-state index >= 15 is 0 Å². The Labute approximate surface area is 174 Å². The third kappa shape index (κ3) is 5.43. The summed E-state index contributed by atoms with van der Waals surface area (Å²) >= 11 is 0. The molecule has 1 heterocycles. The average Bonchev–Trinajstić information content (AvgIpc) is 2.74. The molecule has 8 nitrogen and oxygen atoms in total. The number of para-hydroxylation sites is 1. The van der Waals surface area contributed by atoms with Crippen LogP contribution in [0.4, 0.5) is 0 Å². The van der Waals surface area contributed by atoms with E-state index in [2.05, 4.69) is 15.3 Å². The Morgan fingerprint density at radius 1 is 1.17 bits per heavy atom. The number of hydrogen-bond donors (Lipinski definition) is 2. The number of carbonyl (C=O) groups is 1. The first kappa shape index (κ1) is 21.5. The number of amides is 1. The van der Waals surface area contributed by atoms with Crippen molar-refractivity contribution in [2.24, 2.45) is 0 Å². The summed E-state index contributed by atoms with van der Waals surface area (Å²) in [6, 6.07) is 14.8. The van der Waals surface area contributed by atoms with Crippen LogP contribution in [-0.2, 0) is 16.1 Å². The summed E-state index contributed by atoms with van der Waals surface area (Å²) in [7, 11) is 5.54. The van der Waals surface area contributed by atoms with Crippen molar-refractivity contribution in [3.05, 3.63) is 70.3 Å². The molecule has 0 aliphatic rings. The minimum Gasteiger partial charge on any atom is -0.497 e. The van der Waals surface area contributed by atoms with Gasteiger partial charge in [-0.3, -0.25) is 9.59 Å². The summed E-state index contributed by atoms with van der Waals surface area (Å²) in [6.45, 7) is 0.356. The molecule has 8 heteroatoms. The maximum atomic E-state index is 12.2. The van der Waals surface area contributed by atoms with Crippen molar-refractivity contribution in [2.75, 3.05) is 34.4 Å². The highest BCUT2D eigenvalue weighted by Crippen LogP contribution is 2.20. The van der Waals surface area contributed by atoms with Crippen molar-refractivity contribution >= 4 is 16.8 Å². The number of H-pyrrole nitrogens is 1. The number of ether oxygens (including phenoxy) is 2. The zero-order chi connectivity index (χ0) is 21.5. The lowest BCUT2D eigenvalue weighted by Crippen LogP contribution is -2.36. The molecule has 0 unspecified atom stereocenters. The lowest BCUT2D eigenvalue weighted by Gasteiger charge is -2.25. The highest BCUT2D eigenvalue weighted by atomic mass is 16.5. The highest BCUT2D eigenvalue weighted by Gasteiger charge is 2.15. The highest BCUT2D eigenvalue weighted by molar-refractivity contribution is 5.77. The number of rotatable bonds is 9. The smallest absolute Gasteiger partial charge is 0.258 e. The molecule has 0 aliphatic carbocycles. The van der Waals surface area contributed by atoms with Gasteiger partial charge in [0.25, 0.3) is 5.56 Å². The van der Waals surface area contributed by atoms with Crippen LogP contribution in [0.15, 0.2) is 53.3 Å². The first-order valence-corrected chi connectivity index (χ1v) is 9.60. The number of carbonyl (C=O) groups excluding carboxylic acids is 1. The fourth-order valence-electron chi connectivity index (χ4n) is 3.13. The van der Waals surface area contributed by atoms with E-state index in [9.17, 15) is 9.59 Å². The second kappa shape index (κ2) is 10.00. The predicted octanol–water partition coefficient (Wildman–Crippen LogP) is 1.87. The minimum atomic E-state index is -0.238. The molecule has 2 N–H and O–H groups in total. The van der Waals surface area contributed by atoms with E-state index in [-0.39, 0.29) is 30.7 Å². The molecule has 30 heavy (non-hydrogen) atoms. The Balaban J connectivity index is 1.51. The van der Waals surface area contributed by atoms with Crippen molar-refractivity contribution in [3.8, 4) is 5.75 Å². The summed E-state index contributed by atoms with van der Waals surface area (Å²) in [5.41, 5.74) is 1.44. The van der Waals surface area contributed by atoms with Crippen LogP contribution in [0.25, 0.3) is 10.9 Å². The molecule has 2 aromatic carbocycles. The van der Waals surface area contributed by atoms with Gasteiger partial charge in [-0.2, -0.15) is 0 Å². The normalized spacial score (nSPS) is 12.1. The molecule has 3 aromatic rings. The Bertz CT molecular complexity index is 1050. The monoisotopic (exact) mass is 410 g/mol. The maximum absolute atomic E-state index is 12.2. The number of likely N-dealkylation sites (N-methyl/N-ethyl adjacent to an activating group) is 1. The number of aromatic nitrogens is 2. The van der Waals surface area contributed by atoms with Gasteiger partial charge in [-0.1, -0.05) is 24.3 Å². The maximum Gasteiger partial charge on any atom is 0.258 e. The molecular weight excluding hydrogens is 384 g/mol. The Hall–Kier alpha value is -3.23. The van der Waals surface area contributed by atoms with Gasteiger partial charge in [-0.25, -0.2) is 4.98 Å². The molecule has 1 amide bonds. The summed E-state index contributed by atoms with van der Waals surface area (Å²) in [6.07, 6.45) is 0. The van der Waals surface area contributed by atoms with Crippen molar-refractivity contribution < 1.29 is 14.3 Å². The first-order valence-electron chi connectivity index (χ1n) is 9.60. The SMILES string of the molecule is COc1ccc([C@@H](CNC(=O)COCc2nc3ccccc3c(=O)[nH]2)N(C)C)cc1. The molecule has 0 spiro atoms. The van der Waals surface area contributed by atoms with Crippen LogP contribution < -0.4 is 15.6 Å². The molecule has 1 atom stereocenters. The van der Waals surface area contributed by atoms with E-state index in [4.69, 9.17) is 9.47 Å². The second-order valence-corrected chi connectivity index (χ2v) is 7.08. The van der Waals surface area contributed by atoms with Crippen LogP contribution in [0.2, 0.25) is 0 Å². The quantitative estimate of drug-likeness (QED) is 0.559. The van der Waals surface area contributed by atoms with Gasteiger partial charge in [0.1, 0.15) is 24.8 Å². The zero-order valence-corrected chi connectivity index (χ0v) is 17.3. The summed E-state index contributed by atoms with van der Waals surface area (Å²) in [5.74, 6) is 0.934. The van der Waals surface area contributed by atoms with E-state index < -0.39 is 0 Å². The van der Waals surface area contributed by atoms with E-state index in [0.29, 0.717) is 23.3 Å². The lowest BCUT2D eigenvalue weighted by atomic mass is 10.1. The van der Waals surface area contributed by atoms with Gasteiger partial charge in [0.15, 0.2) is 0 Å². The number of benzene rings is 2. The van der Waals surface area contributed by atoms with Gasteiger partial charge in [-0.05, 0) is 43.9 Å². The van der Waals surface area contributed by atoms with Crippen molar-refractivity contribution in [1.29, 1.82) is 0 Å². The van der Waals surface area contributed by atoms with Gasteiger partial charge in [0.05, 0.1) is 24.1 Å². The summed E-state index contributed by atoms with van der Waals surface area (Å²) < 4.78 is 10.6. The second-order valence-electron chi connectivity index (χ2n) is 7.08. The number of aromatic amines is 1. The fraction of sp³-hybridized carbons (Fsp3) is 0.318. The van der Waals surface area contributed by atoms with Gasteiger partial charge in [0.2, 0.25) is 5.91 Å². The largest absolute Gasteiger partial charge is 0.497 e. The van der Waals surface area contributed by atoms with Crippen molar-refractivity contribution in [3.63, 3.8) is 0 Å². The standard InChI is InChI=1S/C22H26N4O4/c1-26(2)19(15-8-10-16(29-3)11-9-15)12-23-21(27)14-30-13-20-24-18-7-5-4-6-17(18)22(28)25-20/h4-11,19H,12-14H2,1-3H3,(H,23,27)(H,24,25,28)/t19-/m1/s1. The number of nitrogens with one attached hydrogen (secondary N) is 2. The van der Waals surface area contributed by atoms with Crippen LogP contribution >= 0.6 is 0 Å². The molecule has 3 rings (SSSR count). The number of methoxy groups -OCH3 is 1. The van der Waals surface area contributed by atoms with Gasteiger partial charge >= 0.3 is 0 Å². The third-order valence-electron chi connectivity index (χ3n) is 4.75. The molecule has 0 fully saturated rings. The Morgan fingerprint density at radius 3 is 2.60 bits per heavy atom. The lowest BCUT2D eigenvalue weighted by molar-refractivity contribution is -0.126. The molecule has 0 saturated heterocycles. The van der Waals surface area contributed by atoms with Gasteiger partial charge in [-0.15, -0.1) is 0 Å². The van der Waals surface area contributed by atoms with E-state index in [1.807, 2.05) is 49.3 Å². The third-order valence-corrected chi connectivity index (χ3v) is 4.75.